The zero-order valence-corrected chi connectivity index (χ0v) is 18.4. The smallest absolute Gasteiger partial charge is 0.307 e. The van der Waals surface area contributed by atoms with Crippen molar-refractivity contribution in [1.82, 2.24) is 9.21 Å². The summed E-state index contributed by atoms with van der Waals surface area (Å²) < 4.78 is 27.7. The Morgan fingerprint density at radius 3 is 2.07 bits per heavy atom. The number of piperazine rings is 1. The highest BCUT2D eigenvalue weighted by Gasteiger charge is 2.51. The van der Waals surface area contributed by atoms with Crippen LogP contribution in [0, 0.1) is 37.5 Å². The fraction of sp³-hybridized carbons (Fsp3) is 0.636. The second-order valence-electron chi connectivity index (χ2n) is 9.06. The van der Waals surface area contributed by atoms with Crippen LogP contribution in [0.3, 0.4) is 0 Å². The molecule has 164 valence electrons. The third-order valence-corrected chi connectivity index (χ3v) is 9.34. The summed E-state index contributed by atoms with van der Waals surface area (Å²) in [6, 6.07) is 5.40. The number of carbonyl (C=O) groups is 2. The summed E-state index contributed by atoms with van der Waals surface area (Å²) in [5.74, 6) is -1.79. The number of benzene rings is 1. The molecule has 3 aliphatic carbocycles. The number of amides is 1. The van der Waals surface area contributed by atoms with Crippen molar-refractivity contribution in [3.05, 3.63) is 29.3 Å². The lowest BCUT2D eigenvalue weighted by Gasteiger charge is -2.48. The molecule has 0 aromatic heterocycles. The quantitative estimate of drug-likeness (QED) is 0.784. The molecule has 1 N–H and O–H groups in total. The topological polar surface area (TPSA) is 95.0 Å². The molecule has 0 unspecified atom stereocenters. The molecule has 3 saturated carbocycles. The number of rotatable bonds is 4. The molecule has 2 atom stereocenters. The van der Waals surface area contributed by atoms with Gasteiger partial charge in [-0.2, -0.15) is 4.31 Å². The minimum absolute atomic E-state index is 0.0902. The highest BCUT2D eigenvalue weighted by Crippen LogP contribution is 2.49. The lowest BCUT2D eigenvalue weighted by Crippen LogP contribution is -2.56. The van der Waals surface area contributed by atoms with Crippen LogP contribution in [0.5, 0.6) is 0 Å². The number of nitrogens with zero attached hydrogens (tertiary/aromatic N) is 2. The Bertz CT molecular complexity index is 944. The molecule has 1 amide bonds. The number of aryl methyl sites for hydroxylation is 2. The van der Waals surface area contributed by atoms with Crippen molar-refractivity contribution < 1.29 is 23.1 Å². The standard InChI is InChI=1S/C22H30N2O5S/c1-14-3-4-15(2)18(13-14)30(28,29)24-11-9-23(10-12-24)21(25)19-16-5-7-17(8-6-16)20(19)22(26)27/h3-4,13,16-17,19-20H,5-12H2,1-2H3,(H,26,27)/t16?,17?,19-,20+/m0/s1. The lowest BCUT2D eigenvalue weighted by molar-refractivity contribution is -0.162. The Hall–Kier alpha value is -1.93. The van der Waals surface area contributed by atoms with E-state index >= 15 is 0 Å². The molecule has 7 nitrogen and oxygen atoms in total. The van der Waals surface area contributed by atoms with E-state index in [9.17, 15) is 23.1 Å². The molecular weight excluding hydrogens is 404 g/mol. The van der Waals surface area contributed by atoms with Crippen LogP contribution < -0.4 is 0 Å². The molecule has 1 heterocycles. The number of sulfonamides is 1. The van der Waals surface area contributed by atoms with Gasteiger partial charge in [-0.25, -0.2) is 8.42 Å². The van der Waals surface area contributed by atoms with Gasteiger partial charge in [0.05, 0.1) is 16.7 Å². The van der Waals surface area contributed by atoms with Gasteiger partial charge in [0.15, 0.2) is 0 Å². The van der Waals surface area contributed by atoms with Gasteiger partial charge in [-0.1, -0.05) is 12.1 Å². The Labute approximate surface area is 178 Å². The number of fused-ring (bicyclic) bond motifs is 3. The van der Waals surface area contributed by atoms with Gasteiger partial charge in [0, 0.05) is 26.2 Å². The molecule has 0 radical (unpaired) electrons. The lowest BCUT2D eigenvalue weighted by atomic mass is 9.58. The van der Waals surface area contributed by atoms with Crippen molar-refractivity contribution in [3.8, 4) is 0 Å². The normalized spacial score (nSPS) is 29.7. The van der Waals surface area contributed by atoms with E-state index in [-0.39, 0.29) is 30.8 Å². The molecule has 30 heavy (non-hydrogen) atoms. The Balaban J connectivity index is 1.47. The number of carbonyl (C=O) groups excluding carboxylic acids is 1. The van der Waals surface area contributed by atoms with Crippen LogP contribution >= 0.6 is 0 Å². The maximum Gasteiger partial charge on any atom is 0.307 e. The minimum atomic E-state index is -3.62. The second kappa shape index (κ2) is 7.96. The number of carboxylic acids is 1. The zero-order valence-electron chi connectivity index (χ0n) is 17.6. The first kappa shape index (κ1) is 21.3. The summed E-state index contributed by atoms with van der Waals surface area (Å²) in [5.41, 5.74) is 1.60. The maximum atomic E-state index is 13.3. The average Bonchev–Trinajstić information content (AvgIpc) is 2.75. The highest BCUT2D eigenvalue weighted by molar-refractivity contribution is 7.89. The Morgan fingerprint density at radius 1 is 0.933 bits per heavy atom. The van der Waals surface area contributed by atoms with Crippen molar-refractivity contribution in [2.24, 2.45) is 23.7 Å². The van der Waals surface area contributed by atoms with Crippen molar-refractivity contribution in [2.45, 2.75) is 44.4 Å². The van der Waals surface area contributed by atoms with Gasteiger partial charge in [0.25, 0.3) is 0 Å². The predicted octanol–water partition coefficient (Wildman–Crippen LogP) is 2.27. The molecule has 4 fully saturated rings. The number of aliphatic carboxylic acids is 1. The molecule has 1 aromatic carbocycles. The van der Waals surface area contributed by atoms with Crippen molar-refractivity contribution in [1.29, 1.82) is 0 Å². The minimum Gasteiger partial charge on any atom is -0.481 e. The predicted molar refractivity (Wildman–Crippen MR) is 111 cm³/mol. The molecule has 8 heteroatoms. The Kier molecular flexibility index (Phi) is 5.66. The van der Waals surface area contributed by atoms with Crippen LogP contribution in [0.25, 0.3) is 0 Å². The summed E-state index contributed by atoms with van der Waals surface area (Å²) in [6.45, 7) is 4.74. The number of hydrogen-bond donors (Lipinski definition) is 1. The van der Waals surface area contributed by atoms with Gasteiger partial charge < -0.3 is 10.0 Å². The van der Waals surface area contributed by atoms with Gasteiger partial charge in [0.1, 0.15) is 0 Å². The second-order valence-corrected chi connectivity index (χ2v) is 11.0. The Morgan fingerprint density at radius 2 is 1.50 bits per heavy atom. The molecule has 0 spiro atoms. The number of carboxylic acid groups (broad SMARTS) is 1. The van der Waals surface area contributed by atoms with E-state index in [2.05, 4.69) is 0 Å². The van der Waals surface area contributed by atoms with Gasteiger partial charge >= 0.3 is 5.97 Å². The molecule has 1 aliphatic heterocycles. The zero-order chi connectivity index (χ0) is 21.6. The van der Waals surface area contributed by atoms with Crippen LogP contribution in [0.15, 0.2) is 23.1 Å². The molecule has 4 aliphatic rings. The van der Waals surface area contributed by atoms with Gasteiger partial charge in [-0.15, -0.1) is 0 Å². The van der Waals surface area contributed by atoms with E-state index in [1.165, 1.54) is 4.31 Å². The van der Waals surface area contributed by atoms with Crippen LogP contribution in [-0.4, -0.2) is 60.8 Å². The largest absolute Gasteiger partial charge is 0.481 e. The highest BCUT2D eigenvalue weighted by atomic mass is 32.2. The van der Waals surface area contributed by atoms with Crippen molar-refractivity contribution >= 4 is 21.9 Å². The molecule has 1 saturated heterocycles. The van der Waals surface area contributed by atoms with Crippen molar-refractivity contribution in [2.75, 3.05) is 26.2 Å². The first-order chi connectivity index (χ1) is 14.2. The third-order valence-electron chi connectivity index (χ3n) is 7.30. The van der Waals surface area contributed by atoms with E-state index in [4.69, 9.17) is 0 Å². The fourth-order valence-corrected chi connectivity index (χ4v) is 7.38. The van der Waals surface area contributed by atoms with Gasteiger partial charge in [-0.3, -0.25) is 9.59 Å². The van der Waals surface area contributed by atoms with E-state index < -0.39 is 27.8 Å². The summed E-state index contributed by atoms with van der Waals surface area (Å²) in [5, 5.41) is 9.74. The molecule has 1 aromatic rings. The van der Waals surface area contributed by atoms with Crippen LogP contribution in [-0.2, 0) is 19.6 Å². The van der Waals surface area contributed by atoms with Gasteiger partial charge in [0.2, 0.25) is 15.9 Å². The van der Waals surface area contributed by atoms with E-state index in [0.717, 1.165) is 31.2 Å². The van der Waals surface area contributed by atoms with Crippen LogP contribution in [0.1, 0.15) is 36.8 Å². The van der Waals surface area contributed by atoms with Crippen molar-refractivity contribution in [3.63, 3.8) is 0 Å². The van der Waals surface area contributed by atoms with Crippen LogP contribution in [0.4, 0.5) is 0 Å². The fourth-order valence-electron chi connectivity index (χ4n) is 5.64. The molecule has 5 rings (SSSR count). The monoisotopic (exact) mass is 434 g/mol. The first-order valence-corrected chi connectivity index (χ1v) is 12.2. The third kappa shape index (κ3) is 3.64. The SMILES string of the molecule is Cc1ccc(C)c(S(=O)(=O)N2CCN(C(=O)[C@H]3C4CCC(CC4)[C@H]3C(=O)O)CC2)c1. The molecular formula is C22H30N2O5S. The summed E-state index contributed by atoms with van der Waals surface area (Å²) >= 11 is 0. The van der Waals surface area contributed by atoms with E-state index in [1.807, 2.05) is 19.1 Å². The molecule has 2 bridgehead atoms. The maximum absolute atomic E-state index is 13.3. The first-order valence-electron chi connectivity index (χ1n) is 10.8. The van der Waals surface area contributed by atoms with Crippen LogP contribution in [0.2, 0.25) is 0 Å². The van der Waals surface area contributed by atoms with E-state index in [0.29, 0.717) is 23.5 Å². The summed E-state index contributed by atoms with van der Waals surface area (Å²) in [7, 11) is -3.62. The van der Waals surface area contributed by atoms with Gasteiger partial charge in [-0.05, 0) is 68.6 Å². The summed E-state index contributed by atoms with van der Waals surface area (Å²) in [6.07, 6.45) is 3.64. The van der Waals surface area contributed by atoms with E-state index in [1.54, 1.807) is 17.9 Å². The summed E-state index contributed by atoms with van der Waals surface area (Å²) in [4.78, 5) is 27.2. The number of hydrogen-bond acceptors (Lipinski definition) is 4. The average molecular weight is 435 g/mol.